The smallest absolute Gasteiger partial charge is 0.0433 e. The fraction of sp³-hybridized carbons (Fsp3) is 0.200. The minimum absolute atomic E-state index is 0.388. The standard InChI is InChI=1S/C15H15Br2N/c1-15(18,13-7-2-3-8-14(13)17)10-11-5-4-6-12(16)9-11/h2-9H,10,18H2,1H3. The van der Waals surface area contributed by atoms with Crippen LogP contribution in [-0.4, -0.2) is 0 Å². The van der Waals surface area contributed by atoms with E-state index in [1.54, 1.807) is 0 Å². The zero-order valence-corrected chi connectivity index (χ0v) is 13.3. The van der Waals surface area contributed by atoms with Crippen molar-refractivity contribution in [2.75, 3.05) is 0 Å². The molecule has 0 spiro atoms. The average molecular weight is 369 g/mol. The first-order valence-corrected chi connectivity index (χ1v) is 7.36. The molecule has 0 amide bonds. The van der Waals surface area contributed by atoms with Crippen LogP contribution in [0.15, 0.2) is 57.5 Å². The third-order valence-electron chi connectivity index (χ3n) is 2.95. The van der Waals surface area contributed by atoms with Crippen LogP contribution in [0.4, 0.5) is 0 Å². The van der Waals surface area contributed by atoms with Crippen molar-refractivity contribution in [2.45, 2.75) is 18.9 Å². The van der Waals surface area contributed by atoms with Crippen LogP contribution in [0.3, 0.4) is 0 Å². The van der Waals surface area contributed by atoms with Crippen LogP contribution in [0.25, 0.3) is 0 Å². The predicted octanol–water partition coefficient (Wildman–Crippen LogP) is 4.63. The summed E-state index contributed by atoms with van der Waals surface area (Å²) in [5, 5.41) is 0. The molecule has 2 N–H and O–H groups in total. The summed E-state index contributed by atoms with van der Waals surface area (Å²) in [6, 6.07) is 16.4. The Kier molecular flexibility index (Phi) is 4.25. The summed E-state index contributed by atoms with van der Waals surface area (Å²) in [6.07, 6.45) is 0.801. The highest BCUT2D eigenvalue weighted by Crippen LogP contribution is 2.29. The molecule has 2 aromatic rings. The van der Waals surface area contributed by atoms with Crippen LogP contribution in [0.5, 0.6) is 0 Å². The third-order valence-corrected chi connectivity index (χ3v) is 4.13. The van der Waals surface area contributed by atoms with Crippen molar-refractivity contribution in [2.24, 2.45) is 5.73 Å². The molecule has 3 heteroatoms. The highest BCUT2D eigenvalue weighted by Gasteiger charge is 2.23. The Hall–Kier alpha value is -0.640. The van der Waals surface area contributed by atoms with E-state index >= 15 is 0 Å². The van der Waals surface area contributed by atoms with Crippen LogP contribution < -0.4 is 5.73 Å². The quantitative estimate of drug-likeness (QED) is 0.839. The molecule has 1 unspecified atom stereocenters. The van der Waals surface area contributed by atoms with Gasteiger partial charge in [0, 0.05) is 14.5 Å². The molecule has 0 aliphatic heterocycles. The zero-order valence-electron chi connectivity index (χ0n) is 10.2. The number of benzene rings is 2. The number of hydrogen-bond acceptors (Lipinski definition) is 1. The van der Waals surface area contributed by atoms with Crippen LogP contribution in [0.1, 0.15) is 18.1 Å². The molecule has 1 atom stereocenters. The van der Waals surface area contributed by atoms with Gasteiger partial charge in [-0.1, -0.05) is 62.2 Å². The number of rotatable bonds is 3. The molecule has 0 saturated heterocycles. The van der Waals surface area contributed by atoms with Crippen LogP contribution in [-0.2, 0) is 12.0 Å². The normalized spacial score (nSPS) is 14.2. The van der Waals surface area contributed by atoms with Crippen molar-refractivity contribution >= 4 is 31.9 Å². The molecule has 0 bridgehead atoms. The van der Waals surface area contributed by atoms with Gasteiger partial charge in [0.05, 0.1) is 0 Å². The van der Waals surface area contributed by atoms with Crippen molar-refractivity contribution in [3.63, 3.8) is 0 Å². The molecule has 0 aromatic heterocycles. The molecule has 0 aliphatic rings. The Morgan fingerprint density at radius 1 is 1.06 bits per heavy atom. The minimum Gasteiger partial charge on any atom is -0.321 e. The van der Waals surface area contributed by atoms with Crippen LogP contribution in [0, 0.1) is 0 Å². The Balaban J connectivity index is 2.30. The van der Waals surface area contributed by atoms with E-state index in [1.807, 2.05) is 30.3 Å². The summed E-state index contributed by atoms with van der Waals surface area (Å²) in [7, 11) is 0. The molecule has 0 fully saturated rings. The van der Waals surface area contributed by atoms with Crippen molar-refractivity contribution in [3.8, 4) is 0 Å². The summed E-state index contributed by atoms with van der Waals surface area (Å²) in [5.41, 5.74) is 8.44. The summed E-state index contributed by atoms with van der Waals surface area (Å²) in [4.78, 5) is 0. The van der Waals surface area contributed by atoms with E-state index in [4.69, 9.17) is 5.73 Å². The summed E-state index contributed by atoms with van der Waals surface area (Å²) < 4.78 is 2.15. The molecule has 0 saturated carbocycles. The molecular weight excluding hydrogens is 354 g/mol. The average Bonchev–Trinajstić information content (AvgIpc) is 2.28. The third kappa shape index (κ3) is 3.22. The monoisotopic (exact) mass is 367 g/mol. The SMILES string of the molecule is CC(N)(Cc1cccc(Br)c1)c1ccccc1Br. The second kappa shape index (κ2) is 5.55. The zero-order chi connectivity index (χ0) is 13.2. The van der Waals surface area contributed by atoms with Gasteiger partial charge >= 0.3 is 0 Å². The van der Waals surface area contributed by atoms with Gasteiger partial charge in [0.15, 0.2) is 0 Å². The first kappa shape index (κ1) is 13.8. The maximum Gasteiger partial charge on any atom is 0.0433 e. The Bertz CT molecular complexity index is 550. The van der Waals surface area contributed by atoms with Crippen molar-refractivity contribution < 1.29 is 0 Å². The van der Waals surface area contributed by atoms with Gasteiger partial charge in [-0.2, -0.15) is 0 Å². The predicted molar refractivity (Wildman–Crippen MR) is 83.5 cm³/mol. The number of halogens is 2. The molecule has 0 aliphatic carbocycles. The Morgan fingerprint density at radius 2 is 1.78 bits per heavy atom. The van der Waals surface area contributed by atoms with Gasteiger partial charge in [0.1, 0.15) is 0 Å². The second-order valence-electron chi connectivity index (χ2n) is 4.70. The molecule has 1 nitrogen and oxygen atoms in total. The fourth-order valence-corrected chi connectivity index (χ4v) is 3.27. The Morgan fingerprint density at radius 3 is 2.44 bits per heavy atom. The number of hydrogen-bond donors (Lipinski definition) is 1. The lowest BCUT2D eigenvalue weighted by atomic mass is 9.87. The van der Waals surface area contributed by atoms with Crippen LogP contribution >= 0.6 is 31.9 Å². The topological polar surface area (TPSA) is 26.0 Å². The van der Waals surface area contributed by atoms with Crippen molar-refractivity contribution in [3.05, 3.63) is 68.6 Å². The minimum atomic E-state index is -0.388. The lowest BCUT2D eigenvalue weighted by Crippen LogP contribution is -2.35. The van der Waals surface area contributed by atoms with Gasteiger partial charge < -0.3 is 5.73 Å². The van der Waals surface area contributed by atoms with Crippen molar-refractivity contribution in [1.82, 2.24) is 0 Å². The lowest BCUT2D eigenvalue weighted by molar-refractivity contribution is 0.489. The molecule has 2 aromatic carbocycles. The van der Waals surface area contributed by atoms with Crippen LogP contribution in [0.2, 0.25) is 0 Å². The summed E-state index contributed by atoms with van der Waals surface area (Å²) in [5.74, 6) is 0. The maximum absolute atomic E-state index is 6.48. The van der Waals surface area contributed by atoms with Gasteiger partial charge in [-0.05, 0) is 42.7 Å². The Labute approximate surface area is 125 Å². The van der Waals surface area contributed by atoms with Gasteiger partial charge in [-0.15, -0.1) is 0 Å². The van der Waals surface area contributed by atoms with Gasteiger partial charge in [-0.3, -0.25) is 0 Å². The first-order chi connectivity index (χ1) is 8.49. The highest BCUT2D eigenvalue weighted by atomic mass is 79.9. The molecular formula is C15H15Br2N. The lowest BCUT2D eigenvalue weighted by Gasteiger charge is -2.26. The second-order valence-corrected chi connectivity index (χ2v) is 6.47. The maximum atomic E-state index is 6.48. The van der Waals surface area contributed by atoms with Crippen molar-refractivity contribution in [1.29, 1.82) is 0 Å². The van der Waals surface area contributed by atoms with Gasteiger partial charge in [0.2, 0.25) is 0 Å². The van der Waals surface area contributed by atoms with E-state index in [2.05, 4.69) is 57.0 Å². The fourth-order valence-electron chi connectivity index (χ4n) is 2.09. The van der Waals surface area contributed by atoms with E-state index in [0.29, 0.717) is 0 Å². The number of nitrogens with two attached hydrogens (primary N) is 1. The molecule has 18 heavy (non-hydrogen) atoms. The molecule has 94 valence electrons. The molecule has 2 rings (SSSR count). The summed E-state index contributed by atoms with van der Waals surface area (Å²) >= 11 is 7.06. The first-order valence-electron chi connectivity index (χ1n) is 5.77. The van der Waals surface area contributed by atoms with Gasteiger partial charge in [-0.25, -0.2) is 0 Å². The molecule has 0 heterocycles. The largest absolute Gasteiger partial charge is 0.321 e. The van der Waals surface area contributed by atoms with E-state index in [-0.39, 0.29) is 5.54 Å². The van der Waals surface area contributed by atoms with E-state index in [9.17, 15) is 0 Å². The summed E-state index contributed by atoms with van der Waals surface area (Å²) in [6.45, 7) is 2.06. The van der Waals surface area contributed by atoms with E-state index < -0.39 is 0 Å². The van der Waals surface area contributed by atoms with Gasteiger partial charge in [0.25, 0.3) is 0 Å². The van der Waals surface area contributed by atoms with E-state index in [1.165, 1.54) is 5.56 Å². The highest BCUT2D eigenvalue weighted by molar-refractivity contribution is 9.10. The van der Waals surface area contributed by atoms with E-state index in [0.717, 1.165) is 20.9 Å². The molecule has 0 radical (unpaired) electrons.